The third-order valence-electron chi connectivity index (χ3n) is 3.53. The van der Waals surface area contributed by atoms with E-state index >= 15 is 0 Å². The third kappa shape index (κ3) is 4.38. The van der Waals surface area contributed by atoms with E-state index in [-0.39, 0.29) is 0 Å². The number of ether oxygens (including phenoxy) is 1. The summed E-state index contributed by atoms with van der Waals surface area (Å²) in [4.78, 5) is 0. The maximum atomic E-state index is 5.63. The highest BCUT2D eigenvalue weighted by Crippen LogP contribution is 2.19. The molecule has 18 heavy (non-hydrogen) atoms. The van der Waals surface area contributed by atoms with Gasteiger partial charge in [0.05, 0.1) is 6.10 Å². The summed E-state index contributed by atoms with van der Waals surface area (Å²) in [6.07, 6.45) is 5.41. The van der Waals surface area contributed by atoms with E-state index in [0.29, 0.717) is 12.1 Å². The summed E-state index contributed by atoms with van der Waals surface area (Å²) < 4.78 is 6.77. The van der Waals surface area contributed by atoms with Crippen LogP contribution in [0.25, 0.3) is 0 Å². The fourth-order valence-corrected chi connectivity index (χ4v) is 2.83. The van der Waals surface area contributed by atoms with Crippen LogP contribution in [0.1, 0.15) is 44.2 Å². The van der Waals surface area contributed by atoms with Crippen molar-refractivity contribution in [3.8, 4) is 0 Å². The standard InChI is InChI=1S/C15H22BrNO/c1-12(13-5-2-6-14(16)11-13)17-9-3-7-15-8-4-10-18-15/h2,5-6,11-12,15,17H,3-4,7-10H2,1H3/t12-,15?/m1/s1. The second-order valence-corrected chi connectivity index (χ2v) is 5.92. The van der Waals surface area contributed by atoms with E-state index < -0.39 is 0 Å². The van der Waals surface area contributed by atoms with E-state index in [1.54, 1.807) is 0 Å². The van der Waals surface area contributed by atoms with Gasteiger partial charge in [0.2, 0.25) is 0 Å². The minimum absolute atomic E-state index is 0.409. The molecule has 0 bridgehead atoms. The molecule has 1 unspecified atom stereocenters. The van der Waals surface area contributed by atoms with Crippen LogP contribution >= 0.6 is 15.9 Å². The Hall–Kier alpha value is -0.380. The van der Waals surface area contributed by atoms with E-state index in [1.807, 2.05) is 0 Å². The molecule has 1 aliphatic heterocycles. The summed E-state index contributed by atoms with van der Waals surface area (Å²) in [5.41, 5.74) is 1.33. The number of benzene rings is 1. The molecular weight excluding hydrogens is 290 g/mol. The molecule has 2 atom stereocenters. The molecule has 0 saturated carbocycles. The van der Waals surface area contributed by atoms with Gasteiger partial charge in [-0.15, -0.1) is 0 Å². The molecule has 2 rings (SSSR count). The van der Waals surface area contributed by atoms with Gasteiger partial charge in [-0.25, -0.2) is 0 Å². The van der Waals surface area contributed by atoms with E-state index in [4.69, 9.17) is 4.74 Å². The number of hydrogen-bond donors (Lipinski definition) is 1. The van der Waals surface area contributed by atoms with E-state index in [0.717, 1.165) is 17.6 Å². The predicted octanol–water partition coefficient (Wildman–Crippen LogP) is 4.06. The van der Waals surface area contributed by atoms with Crippen LogP contribution in [0.3, 0.4) is 0 Å². The maximum absolute atomic E-state index is 5.63. The lowest BCUT2D eigenvalue weighted by Gasteiger charge is -2.15. The molecule has 1 heterocycles. The molecule has 1 aromatic carbocycles. The lowest BCUT2D eigenvalue weighted by Crippen LogP contribution is -2.21. The van der Waals surface area contributed by atoms with Gasteiger partial charge in [0.15, 0.2) is 0 Å². The number of nitrogens with one attached hydrogen (secondary N) is 1. The van der Waals surface area contributed by atoms with Crippen molar-refractivity contribution < 1.29 is 4.74 Å². The Bertz CT molecular complexity index is 363. The quantitative estimate of drug-likeness (QED) is 0.800. The number of halogens is 1. The zero-order valence-corrected chi connectivity index (χ0v) is 12.6. The first-order chi connectivity index (χ1) is 8.75. The smallest absolute Gasteiger partial charge is 0.0576 e. The zero-order chi connectivity index (χ0) is 12.8. The minimum atomic E-state index is 0.409. The van der Waals surface area contributed by atoms with Crippen molar-refractivity contribution in [1.82, 2.24) is 5.32 Å². The van der Waals surface area contributed by atoms with Crippen LogP contribution in [0.2, 0.25) is 0 Å². The summed E-state index contributed by atoms with van der Waals surface area (Å²) in [5, 5.41) is 3.57. The van der Waals surface area contributed by atoms with Gasteiger partial charge in [0.25, 0.3) is 0 Å². The molecule has 1 N–H and O–H groups in total. The van der Waals surface area contributed by atoms with Gasteiger partial charge in [-0.2, -0.15) is 0 Å². The average Bonchev–Trinajstić information content (AvgIpc) is 2.87. The maximum Gasteiger partial charge on any atom is 0.0576 e. The molecule has 1 fully saturated rings. The largest absolute Gasteiger partial charge is 0.378 e. The molecule has 0 spiro atoms. The van der Waals surface area contributed by atoms with Gasteiger partial charge >= 0.3 is 0 Å². The highest BCUT2D eigenvalue weighted by molar-refractivity contribution is 9.10. The fourth-order valence-electron chi connectivity index (χ4n) is 2.41. The van der Waals surface area contributed by atoms with E-state index in [2.05, 4.69) is 52.4 Å². The van der Waals surface area contributed by atoms with Gasteiger partial charge in [-0.05, 0) is 56.8 Å². The number of hydrogen-bond acceptors (Lipinski definition) is 2. The average molecular weight is 312 g/mol. The Labute approximate surface area is 118 Å². The second kappa shape index (κ2) is 7.27. The molecule has 0 radical (unpaired) electrons. The Balaban J connectivity index is 1.66. The van der Waals surface area contributed by atoms with Gasteiger partial charge in [-0.1, -0.05) is 28.1 Å². The van der Waals surface area contributed by atoms with E-state index in [9.17, 15) is 0 Å². The molecule has 3 heteroatoms. The summed E-state index contributed by atoms with van der Waals surface area (Å²) in [7, 11) is 0. The molecule has 1 saturated heterocycles. The molecule has 2 nitrogen and oxygen atoms in total. The molecule has 100 valence electrons. The normalized spacial score (nSPS) is 21.1. The van der Waals surface area contributed by atoms with Crippen molar-refractivity contribution in [2.75, 3.05) is 13.2 Å². The molecule has 0 amide bonds. The van der Waals surface area contributed by atoms with Crippen LogP contribution in [-0.2, 0) is 4.74 Å². The van der Waals surface area contributed by atoms with Crippen LogP contribution in [0, 0.1) is 0 Å². The van der Waals surface area contributed by atoms with Crippen LogP contribution in [-0.4, -0.2) is 19.3 Å². The Morgan fingerprint density at radius 2 is 2.39 bits per heavy atom. The van der Waals surface area contributed by atoms with Crippen molar-refractivity contribution in [1.29, 1.82) is 0 Å². The van der Waals surface area contributed by atoms with Gasteiger partial charge in [0.1, 0.15) is 0 Å². The highest BCUT2D eigenvalue weighted by Gasteiger charge is 2.14. The lowest BCUT2D eigenvalue weighted by molar-refractivity contribution is 0.102. The summed E-state index contributed by atoms with van der Waals surface area (Å²) in [5.74, 6) is 0. The van der Waals surface area contributed by atoms with E-state index in [1.165, 1.54) is 31.2 Å². The van der Waals surface area contributed by atoms with Gasteiger partial charge in [-0.3, -0.25) is 0 Å². The van der Waals surface area contributed by atoms with Crippen molar-refractivity contribution >= 4 is 15.9 Å². The second-order valence-electron chi connectivity index (χ2n) is 5.01. The first kappa shape index (κ1) is 14.0. The van der Waals surface area contributed by atoms with Crippen molar-refractivity contribution in [3.05, 3.63) is 34.3 Å². The van der Waals surface area contributed by atoms with Gasteiger partial charge < -0.3 is 10.1 Å². The fraction of sp³-hybridized carbons (Fsp3) is 0.600. The van der Waals surface area contributed by atoms with Crippen LogP contribution in [0.4, 0.5) is 0 Å². The summed E-state index contributed by atoms with van der Waals surface area (Å²) >= 11 is 3.51. The SMILES string of the molecule is C[C@@H](NCCCC1CCCO1)c1cccc(Br)c1. The third-order valence-corrected chi connectivity index (χ3v) is 4.02. The Morgan fingerprint density at radius 3 is 3.11 bits per heavy atom. The van der Waals surface area contributed by atoms with Crippen molar-refractivity contribution in [3.63, 3.8) is 0 Å². The molecule has 1 aliphatic rings. The minimum Gasteiger partial charge on any atom is -0.378 e. The first-order valence-electron chi connectivity index (χ1n) is 6.86. The molecular formula is C15H22BrNO. The zero-order valence-electron chi connectivity index (χ0n) is 11.0. The van der Waals surface area contributed by atoms with Crippen LogP contribution in [0.15, 0.2) is 28.7 Å². The predicted molar refractivity (Wildman–Crippen MR) is 78.8 cm³/mol. The summed E-state index contributed by atoms with van der Waals surface area (Å²) in [6, 6.07) is 8.91. The monoisotopic (exact) mass is 311 g/mol. The molecule has 0 aliphatic carbocycles. The summed E-state index contributed by atoms with van der Waals surface area (Å²) in [6.45, 7) is 4.24. The van der Waals surface area contributed by atoms with Crippen LogP contribution < -0.4 is 5.32 Å². The topological polar surface area (TPSA) is 21.3 Å². The van der Waals surface area contributed by atoms with Gasteiger partial charge in [0, 0.05) is 17.1 Å². The Kier molecular flexibility index (Phi) is 5.67. The molecule has 0 aromatic heterocycles. The number of rotatable bonds is 6. The van der Waals surface area contributed by atoms with Crippen molar-refractivity contribution in [2.45, 2.75) is 44.8 Å². The Morgan fingerprint density at radius 1 is 1.50 bits per heavy atom. The highest BCUT2D eigenvalue weighted by atomic mass is 79.9. The van der Waals surface area contributed by atoms with Crippen molar-refractivity contribution in [2.24, 2.45) is 0 Å². The molecule has 1 aromatic rings. The lowest BCUT2D eigenvalue weighted by atomic mass is 10.1. The van der Waals surface area contributed by atoms with Crippen LogP contribution in [0.5, 0.6) is 0 Å². The first-order valence-corrected chi connectivity index (χ1v) is 7.65.